The molecular weight excluding hydrogens is 260 g/mol. The molecule has 2 heterocycles. The molecule has 0 saturated carbocycles. The Labute approximate surface area is 119 Å². The molecule has 2 atom stereocenters. The zero-order valence-electron chi connectivity index (χ0n) is 12.1. The average Bonchev–Trinajstić information content (AvgIpc) is 2.47. The number of carbonyl (C=O) groups is 2. The van der Waals surface area contributed by atoms with E-state index >= 15 is 0 Å². The highest BCUT2D eigenvalue weighted by atomic mass is 16.5. The first-order valence-corrected chi connectivity index (χ1v) is 7.38. The molecule has 0 spiro atoms. The lowest BCUT2D eigenvalue weighted by molar-refractivity contribution is -0.143. The van der Waals surface area contributed by atoms with E-state index < -0.39 is 11.9 Å². The molecule has 1 unspecified atom stereocenters. The predicted octanol–water partition coefficient (Wildman–Crippen LogP) is 1.26. The lowest BCUT2D eigenvalue weighted by Crippen LogP contribution is -2.49. The van der Waals surface area contributed by atoms with Crippen molar-refractivity contribution in [2.45, 2.75) is 25.7 Å². The first-order chi connectivity index (χ1) is 9.58. The molecule has 0 bridgehead atoms. The minimum Gasteiger partial charge on any atom is -0.481 e. The van der Waals surface area contributed by atoms with Crippen LogP contribution in [-0.4, -0.2) is 66.8 Å². The summed E-state index contributed by atoms with van der Waals surface area (Å²) in [6.07, 6.45) is 3.58. The number of nitrogens with zero attached hydrogens (tertiary/aromatic N) is 2. The van der Waals surface area contributed by atoms with E-state index in [9.17, 15) is 9.59 Å². The fourth-order valence-corrected chi connectivity index (χ4v) is 3.01. The third-order valence-electron chi connectivity index (χ3n) is 4.15. The van der Waals surface area contributed by atoms with E-state index in [4.69, 9.17) is 9.84 Å². The topological polar surface area (TPSA) is 70.1 Å². The molecule has 2 fully saturated rings. The first-order valence-electron chi connectivity index (χ1n) is 7.38. The van der Waals surface area contributed by atoms with Gasteiger partial charge in [0.15, 0.2) is 0 Å². The van der Waals surface area contributed by atoms with Gasteiger partial charge in [0.25, 0.3) is 0 Å². The minimum absolute atomic E-state index is 0.0541. The maximum absolute atomic E-state index is 12.4. The second-order valence-corrected chi connectivity index (χ2v) is 5.87. The van der Waals surface area contributed by atoms with E-state index in [-0.39, 0.29) is 6.03 Å². The van der Waals surface area contributed by atoms with Crippen LogP contribution in [0.15, 0.2) is 0 Å². The number of urea groups is 1. The number of ether oxygens (including phenoxy) is 1. The molecular formula is C14H24N2O4. The van der Waals surface area contributed by atoms with Crippen molar-refractivity contribution in [1.29, 1.82) is 0 Å². The molecule has 20 heavy (non-hydrogen) atoms. The van der Waals surface area contributed by atoms with Crippen LogP contribution in [0, 0.1) is 11.8 Å². The molecule has 2 amide bonds. The van der Waals surface area contributed by atoms with Gasteiger partial charge in [0, 0.05) is 39.2 Å². The van der Waals surface area contributed by atoms with Crippen LogP contribution in [0.1, 0.15) is 25.7 Å². The second-order valence-electron chi connectivity index (χ2n) is 5.87. The van der Waals surface area contributed by atoms with Crippen LogP contribution in [0.25, 0.3) is 0 Å². The van der Waals surface area contributed by atoms with Crippen LogP contribution < -0.4 is 0 Å². The normalized spacial score (nSPS) is 27.1. The maximum Gasteiger partial charge on any atom is 0.319 e. The van der Waals surface area contributed by atoms with Gasteiger partial charge in [-0.1, -0.05) is 0 Å². The molecule has 1 N–H and O–H groups in total. The van der Waals surface area contributed by atoms with Crippen LogP contribution in [0.5, 0.6) is 0 Å². The summed E-state index contributed by atoms with van der Waals surface area (Å²) in [5.41, 5.74) is 0. The minimum atomic E-state index is -0.800. The smallest absolute Gasteiger partial charge is 0.319 e. The highest BCUT2D eigenvalue weighted by Crippen LogP contribution is 2.19. The Morgan fingerprint density at radius 2 is 2.15 bits per heavy atom. The molecule has 0 radical (unpaired) electrons. The maximum atomic E-state index is 12.4. The SMILES string of the molecule is CN(CC1CCCOC1)C(=O)N1CCC[C@H](C(=O)O)C1. The van der Waals surface area contributed by atoms with Gasteiger partial charge >= 0.3 is 12.0 Å². The number of carboxylic acids is 1. The van der Waals surface area contributed by atoms with Crippen molar-refractivity contribution in [2.75, 3.05) is 39.9 Å². The summed E-state index contributed by atoms with van der Waals surface area (Å²) in [6, 6.07) is -0.0541. The fourth-order valence-electron chi connectivity index (χ4n) is 3.01. The number of hydrogen-bond acceptors (Lipinski definition) is 3. The van der Waals surface area contributed by atoms with Crippen molar-refractivity contribution in [2.24, 2.45) is 11.8 Å². The number of amides is 2. The molecule has 0 aromatic heterocycles. The largest absolute Gasteiger partial charge is 0.481 e. The van der Waals surface area contributed by atoms with Crippen LogP contribution in [0.2, 0.25) is 0 Å². The molecule has 2 aliphatic heterocycles. The average molecular weight is 284 g/mol. The summed E-state index contributed by atoms with van der Waals surface area (Å²) in [7, 11) is 1.79. The fraction of sp³-hybridized carbons (Fsp3) is 0.857. The molecule has 0 aromatic carbocycles. The monoisotopic (exact) mass is 284 g/mol. The van der Waals surface area contributed by atoms with Gasteiger partial charge < -0.3 is 19.6 Å². The van der Waals surface area contributed by atoms with Gasteiger partial charge in [0.1, 0.15) is 0 Å². The summed E-state index contributed by atoms with van der Waals surface area (Å²) < 4.78 is 5.43. The van der Waals surface area contributed by atoms with Crippen LogP contribution in [0.3, 0.4) is 0 Å². The van der Waals surface area contributed by atoms with Gasteiger partial charge in [0.2, 0.25) is 0 Å². The van der Waals surface area contributed by atoms with Crippen molar-refractivity contribution < 1.29 is 19.4 Å². The molecule has 2 saturated heterocycles. The van der Waals surface area contributed by atoms with Gasteiger partial charge in [-0.3, -0.25) is 4.79 Å². The summed E-state index contributed by atoms with van der Waals surface area (Å²) in [5.74, 6) is -0.817. The highest BCUT2D eigenvalue weighted by molar-refractivity contribution is 5.76. The third-order valence-corrected chi connectivity index (χ3v) is 4.15. The Hall–Kier alpha value is -1.30. The van der Waals surface area contributed by atoms with Crippen LogP contribution in [-0.2, 0) is 9.53 Å². The number of piperidine rings is 1. The molecule has 2 aliphatic rings. The van der Waals surface area contributed by atoms with Crippen LogP contribution in [0.4, 0.5) is 4.79 Å². The van der Waals surface area contributed by atoms with E-state index in [0.29, 0.717) is 32.0 Å². The molecule has 0 aromatic rings. The second kappa shape index (κ2) is 6.92. The van der Waals surface area contributed by atoms with E-state index in [2.05, 4.69) is 0 Å². The van der Waals surface area contributed by atoms with E-state index in [0.717, 1.165) is 32.5 Å². The van der Waals surface area contributed by atoms with Crippen molar-refractivity contribution >= 4 is 12.0 Å². The summed E-state index contributed by atoms with van der Waals surface area (Å²) in [6.45, 7) is 3.22. The number of hydrogen-bond donors (Lipinski definition) is 1. The zero-order chi connectivity index (χ0) is 14.5. The lowest BCUT2D eigenvalue weighted by Gasteiger charge is -2.35. The van der Waals surface area contributed by atoms with Crippen LogP contribution >= 0.6 is 0 Å². The van der Waals surface area contributed by atoms with Crippen molar-refractivity contribution in [1.82, 2.24) is 9.80 Å². The van der Waals surface area contributed by atoms with E-state index in [1.54, 1.807) is 16.8 Å². The van der Waals surface area contributed by atoms with Gasteiger partial charge in [-0.05, 0) is 25.7 Å². The number of carbonyl (C=O) groups excluding carboxylic acids is 1. The van der Waals surface area contributed by atoms with E-state index in [1.807, 2.05) is 0 Å². The third kappa shape index (κ3) is 3.85. The summed E-state index contributed by atoms with van der Waals surface area (Å²) >= 11 is 0. The Balaban J connectivity index is 1.84. The Morgan fingerprint density at radius 3 is 2.80 bits per heavy atom. The number of rotatable bonds is 3. The van der Waals surface area contributed by atoms with Gasteiger partial charge in [-0.25, -0.2) is 4.79 Å². The molecule has 0 aliphatic carbocycles. The standard InChI is InChI=1S/C14H24N2O4/c1-15(8-11-4-3-7-20-10-11)14(19)16-6-2-5-12(9-16)13(17)18/h11-12H,2-10H2,1H3,(H,17,18)/t11?,12-/m0/s1. The Bertz CT molecular complexity index is 355. The number of aliphatic carboxylic acids is 1. The Kier molecular flexibility index (Phi) is 5.23. The van der Waals surface area contributed by atoms with Gasteiger partial charge in [-0.15, -0.1) is 0 Å². The summed E-state index contributed by atoms with van der Waals surface area (Å²) in [4.78, 5) is 26.8. The van der Waals surface area contributed by atoms with Crippen molar-refractivity contribution in [3.05, 3.63) is 0 Å². The quantitative estimate of drug-likeness (QED) is 0.847. The molecule has 114 valence electrons. The first kappa shape index (κ1) is 15.1. The number of likely N-dealkylation sites (tertiary alicyclic amines) is 1. The molecule has 6 nitrogen and oxygen atoms in total. The lowest BCUT2D eigenvalue weighted by atomic mass is 9.98. The molecule has 2 rings (SSSR count). The van der Waals surface area contributed by atoms with E-state index in [1.165, 1.54) is 0 Å². The number of carboxylic acid groups (broad SMARTS) is 1. The zero-order valence-corrected chi connectivity index (χ0v) is 12.1. The summed E-state index contributed by atoms with van der Waals surface area (Å²) in [5, 5.41) is 9.07. The van der Waals surface area contributed by atoms with Crippen molar-refractivity contribution in [3.8, 4) is 0 Å². The predicted molar refractivity (Wildman–Crippen MR) is 73.5 cm³/mol. The van der Waals surface area contributed by atoms with Gasteiger partial charge in [0.05, 0.1) is 12.5 Å². The van der Waals surface area contributed by atoms with Gasteiger partial charge in [-0.2, -0.15) is 0 Å². The molecule has 6 heteroatoms. The van der Waals surface area contributed by atoms with Crippen molar-refractivity contribution in [3.63, 3.8) is 0 Å². The highest BCUT2D eigenvalue weighted by Gasteiger charge is 2.30. The Morgan fingerprint density at radius 1 is 1.35 bits per heavy atom.